The number of nitrogens with zero attached hydrogens (tertiary/aromatic N) is 1. The van der Waals surface area contributed by atoms with Crippen LogP contribution in [0.3, 0.4) is 0 Å². The van der Waals surface area contributed by atoms with Gasteiger partial charge in [0.15, 0.2) is 0 Å². The number of anilines is 1. The number of nitrogens with two attached hydrogens (primary N) is 1. The molecule has 1 aromatic rings. The van der Waals surface area contributed by atoms with Crippen LogP contribution in [0.2, 0.25) is 0 Å². The lowest BCUT2D eigenvalue weighted by Gasteiger charge is -2.22. The summed E-state index contributed by atoms with van der Waals surface area (Å²) in [5, 5.41) is 2.96. The lowest BCUT2D eigenvalue weighted by molar-refractivity contribution is -0.120. The summed E-state index contributed by atoms with van der Waals surface area (Å²) >= 11 is 0. The van der Waals surface area contributed by atoms with E-state index < -0.39 is 0 Å². The molecule has 0 unspecified atom stereocenters. The Morgan fingerprint density at radius 2 is 1.91 bits per heavy atom. The summed E-state index contributed by atoms with van der Waals surface area (Å²) in [6, 6.07) is 7.22. The molecule has 0 spiro atoms. The van der Waals surface area contributed by atoms with Gasteiger partial charge in [0.1, 0.15) is 0 Å². The minimum absolute atomic E-state index is 0.0160. The third-order valence-electron chi connectivity index (χ3n) is 4.76. The highest BCUT2D eigenvalue weighted by molar-refractivity contribution is 6.04. The van der Waals surface area contributed by atoms with E-state index in [9.17, 15) is 9.59 Å². The molecule has 0 saturated heterocycles. The first-order chi connectivity index (χ1) is 11.1. The molecule has 1 saturated carbocycles. The van der Waals surface area contributed by atoms with Gasteiger partial charge < -0.3 is 16.0 Å². The number of hydrogen-bond acceptors (Lipinski definition) is 3. The highest BCUT2D eigenvalue weighted by atomic mass is 16.2. The van der Waals surface area contributed by atoms with Crippen molar-refractivity contribution in [2.75, 3.05) is 25.0 Å². The van der Waals surface area contributed by atoms with Gasteiger partial charge in [-0.05, 0) is 51.3 Å². The van der Waals surface area contributed by atoms with Gasteiger partial charge in [0.2, 0.25) is 5.91 Å². The van der Waals surface area contributed by atoms with E-state index in [1.54, 1.807) is 17.0 Å². The Bertz CT molecular complexity index is 555. The number of amides is 2. The van der Waals surface area contributed by atoms with Crippen LogP contribution >= 0.6 is 0 Å². The molecule has 23 heavy (non-hydrogen) atoms. The molecular weight excluding hydrogens is 290 g/mol. The standard InChI is InChI=1S/C18H27N3O2/c1-3-21(4-2)18(23)15-9-5-6-11-16(15)20-17(22)14-10-7-8-13(14)12-19/h5-6,9,11,13-14H,3-4,7-8,10,12,19H2,1-2H3,(H,20,22)/t13-,14-/m1/s1. The molecule has 2 atom stereocenters. The monoisotopic (exact) mass is 317 g/mol. The van der Waals surface area contributed by atoms with E-state index in [1.165, 1.54) is 0 Å². The summed E-state index contributed by atoms with van der Waals surface area (Å²) in [4.78, 5) is 26.9. The van der Waals surface area contributed by atoms with Crippen LogP contribution in [0.15, 0.2) is 24.3 Å². The summed E-state index contributed by atoms with van der Waals surface area (Å²) in [5.41, 5.74) is 6.91. The summed E-state index contributed by atoms with van der Waals surface area (Å²) < 4.78 is 0. The fraction of sp³-hybridized carbons (Fsp3) is 0.556. The third-order valence-corrected chi connectivity index (χ3v) is 4.76. The average Bonchev–Trinajstić information content (AvgIpc) is 3.05. The first kappa shape index (κ1) is 17.5. The lowest BCUT2D eigenvalue weighted by Crippen LogP contribution is -2.33. The Hall–Kier alpha value is -1.88. The number of carbonyl (C=O) groups is 2. The molecule has 0 radical (unpaired) electrons. The predicted molar refractivity (Wildman–Crippen MR) is 92.2 cm³/mol. The first-order valence-electron chi connectivity index (χ1n) is 8.51. The molecule has 1 aromatic carbocycles. The topological polar surface area (TPSA) is 75.4 Å². The van der Waals surface area contributed by atoms with Gasteiger partial charge in [-0.3, -0.25) is 9.59 Å². The van der Waals surface area contributed by atoms with Gasteiger partial charge in [-0.1, -0.05) is 18.6 Å². The summed E-state index contributed by atoms with van der Waals surface area (Å²) in [6.07, 6.45) is 2.93. The molecule has 0 aromatic heterocycles. The van der Waals surface area contributed by atoms with Crippen molar-refractivity contribution in [1.29, 1.82) is 0 Å². The number of nitrogens with one attached hydrogen (secondary N) is 1. The highest BCUT2D eigenvalue weighted by Crippen LogP contribution is 2.32. The number of carbonyl (C=O) groups excluding carboxylic acids is 2. The Labute approximate surface area is 138 Å². The van der Waals surface area contributed by atoms with Gasteiger partial charge in [0, 0.05) is 19.0 Å². The van der Waals surface area contributed by atoms with Gasteiger partial charge in [-0.2, -0.15) is 0 Å². The van der Waals surface area contributed by atoms with Crippen molar-refractivity contribution in [1.82, 2.24) is 4.90 Å². The molecule has 1 aliphatic rings. The van der Waals surface area contributed by atoms with E-state index >= 15 is 0 Å². The number of rotatable bonds is 6. The van der Waals surface area contributed by atoms with Crippen molar-refractivity contribution in [2.45, 2.75) is 33.1 Å². The summed E-state index contributed by atoms with van der Waals surface area (Å²) in [6.45, 7) is 5.74. The van der Waals surface area contributed by atoms with Crippen LogP contribution in [-0.2, 0) is 4.79 Å². The normalized spacial score (nSPS) is 20.3. The van der Waals surface area contributed by atoms with Crippen molar-refractivity contribution in [3.8, 4) is 0 Å². The molecule has 126 valence electrons. The fourth-order valence-electron chi connectivity index (χ4n) is 3.35. The Morgan fingerprint density at radius 1 is 1.22 bits per heavy atom. The molecule has 5 heteroatoms. The van der Waals surface area contributed by atoms with E-state index in [-0.39, 0.29) is 23.7 Å². The second-order valence-electron chi connectivity index (χ2n) is 6.05. The van der Waals surface area contributed by atoms with Gasteiger partial charge in [0.05, 0.1) is 11.3 Å². The Morgan fingerprint density at radius 3 is 2.57 bits per heavy atom. The molecule has 2 amide bonds. The van der Waals surface area contributed by atoms with E-state index in [2.05, 4.69) is 5.32 Å². The maximum absolute atomic E-state index is 12.6. The van der Waals surface area contributed by atoms with Crippen LogP contribution in [0, 0.1) is 11.8 Å². The summed E-state index contributed by atoms with van der Waals surface area (Å²) in [5.74, 6) is 0.141. The third kappa shape index (κ3) is 3.91. The van der Waals surface area contributed by atoms with Crippen LogP contribution in [0.25, 0.3) is 0 Å². The average molecular weight is 317 g/mol. The van der Waals surface area contributed by atoms with Gasteiger partial charge in [-0.15, -0.1) is 0 Å². The van der Waals surface area contributed by atoms with Crippen molar-refractivity contribution >= 4 is 17.5 Å². The maximum atomic E-state index is 12.6. The molecule has 0 aliphatic heterocycles. The minimum Gasteiger partial charge on any atom is -0.339 e. The van der Waals surface area contributed by atoms with Crippen molar-refractivity contribution in [2.24, 2.45) is 17.6 Å². The molecular formula is C18H27N3O2. The van der Waals surface area contributed by atoms with E-state index in [0.29, 0.717) is 30.9 Å². The van der Waals surface area contributed by atoms with Gasteiger partial charge >= 0.3 is 0 Å². The number of para-hydroxylation sites is 1. The summed E-state index contributed by atoms with van der Waals surface area (Å²) in [7, 11) is 0. The van der Waals surface area contributed by atoms with Crippen molar-refractivity contribution < 1.29 is 9.59 Å². The van der Waals surface area contributed by atoms with Gasteiger partial charge in [-0.25, -0.2) is 0 Å². The Kier molecular flexibility index (Phi) is 6.16. The maximum Gasteiger partial charge on any atom is 0.255 e. The molecule has 1 aliphatic carbocycles. The van der Waals surface area contributed by atoms with Crippen molar-refractivity contribution in [3.63, 3.8) is 0 Å². The largest absolute Gasteiger partial charge is 0.339 e. The highest BCUT2D eigenvalue weighted by Gasteiger charge is 2.32. The molecule has 2 rings (SSSR count). The predicted octanol–water partition coefficient (Wildman–Crippen LogP) is 2.48. The van der Waals surface area contributed by atoms with E-state index in [1.807, 2.05) is 26.0 Å². The first-order valence-corrected chi connectivity index (χ1v) is 8.51. The SMILES string of the molecule is CCN(CC)C(=O)c1ccccc1NC(=O)[C@@H]1CCC[C@@H]1CN. The molecule has 0 heterocycles. The smallest absolute Gasteiger partial charge is 0.255 e. The zero-order valence-corrected chi connectivity index (χ0v) is 14.0. The molecule has 0 bridgehead atoms. The van der Waals surface area contributed by atoms with Crippen LogP contribution in [0.1, 0.15) is 43.5 Å². The van der Waals surface area contributed by atoms with Crippen LogP contribution < -0.4 is 11.1 Å². The second-order valence-corrected chi connectivity index (χ2v) is 6.05. The zero-order chi connectivity index (χ0) is 16.8. The van der Waals surface area contributed by atoms with Crippen LogP contribution in [-0.4, -0.2) is 36.3 Å². The molecule has 3 N–H and O–H groups in total. The van der Waals surface area contributed by atoms with E-state index in [4.69, 9.17) is 5.73 Å². The quantitative estimate of drug-likeness (QED) is 0.846. The van der Waals surface area contributed by atoms with Crippen LogP contribution in [0.5, 0.6) is 0 Å². The number of hydrogen-bond donors (Lipinski definition) is 2. The molecule has 1 fully saturated rings. The zero-order valence-electron chi connectivity index (χ0n) is 14.0. The van der Waals surface area contributed by atoms with E-state index in [0.717, 1.165) is 19.3 Å². The fourth-order valence-corrected chi connectivity index (χ4v) is 3.35. The number of benzene rings is 1. The van der Waals surface area contributed by atoms with Crippen molar-refractivity contribution in [3.05, 3.63) is 29.8 Å². The molecule has 5 nitrogen and oxygen atoms in total. The second kappa shape index (κ2) is 8.11. The minimum atomic E-state index is -0.0484. The lowest BCUT2D eigenvalue weighted by atomic mass is 9.95. The Balaban J connectivity index is 2.17. The van der Waals surface area contributed by atoms with Gasteiger partial charge in [0.25, 0.3) is 5.91 Å². The van der Waals surface area contributed by atoms with Crippen LogP contribution in [0.4, 0.5) is 5.69 Å².